The lowest BCUT2D eigenvalue weighted by atomic mass is 10.1. The summed E-state index contributed by atoms with van der Waals surface area (Å²) in [6, 6.07) is 5.63. The van der Waals surface area contributed by atoms with E-state index in [-0.39, 0.29) is 11.8 Å². The highest BCUT2D eigenvalue weighted by atomic mass is 35.5. The number of alkyl halides is 1. The monoisotopic (exact) mass is 238 g/mol. The molecule has 1 amide bonds. The quantitative estimate of drug-likeness (QED) is 0.634. The first-order valence-electron chi connectivity index (χ1n) is 5.34. The van der Waals surface area contributed by atoms with Gasteiger partial charge in [-0.25, -0.2) is 0 Å². The fraction of sp³-hybridized carbons (Fsp3) is 0.417. The molecule has 1 aromatic carbocycles. The van der Waals surface area contributed by atoms with Crippen molar-refractivity contribution in [1.29, 1.82) is 0 Å². The average Bonchev–Trinajstić information content (AvgIpc) is 2.63. The molecule has 0 aliphatic carbocycles. The van der Waals surface area contributed by atoms with Crippen molar-refractivity contribution < 1.29 is 4.79 Å². The number of halogens is 1. The number of nitrogens with zero attached hydrogens (tertiary/aromatic N) is 1. The molecule has 86 valence electrons. The van der Waals surface area contributed by atoms with Gasteiger partial charge < -0.3 is 10.6 Å². The number of hydrogen-bond donors (Lipinski definition) is 1. The van der Waals surface area contributed by atoms with E-state index in [1.165, 1.54) is 0 Å². The number of nitrogen functional groups attached to an aromatic ring is 1. The number of carbonyl (C=O) groups is 1. The Morgan fingerprint density at radius 2 is 2.31 bits per heavy atom. The molecule has 1 heterocycles. The zero-order chi connectivity index (χ0) is 11.7. The minimum atomic E-state index is 0.138. The van der Waals surface area contributed by atoms with Crippen molar-refractivity contribution in [3.05, 3.63) is 23.8 Å². The summed E-state index contributed by atoms with van der Waals surface area (Å²) in [6.07, 6.45) is 0.539. The van der Waals surface area contributed by atoms with Gasteiger partial charge in [0.05, 0.1) is 0 Å². The third-order valence-corrected chi connectivity index (χ3v) is 3.38. The highest BCUT2D eigenvalue weighted by Gasteiger charge is 2.30. The Balaban J connectivity index is 2.30. The van der Waals surface area contributed by atoms with Gasteiger partial charge in [0.1, 0.15) is 0 Å². The molecule has 0 bridgehead atoms. The minimum absolute atomic E-state index is 0.138. The molecule has 0 radical (unpaired) electrons. The first-order chi connectivity index (χ1) is 7.61. The third kappa shape index (κ3) is 2.00. The van der Waals surface area contributed by atoms with Crippen LogP contribution in [0.2, 0.25) is 0 Å². The number of anilines is 2. The van der Waals surface area contributed by atoms with Gasteiger partial charge in [0, 0.05) is 30.2 Å². The maximum Gasteiger partial charge on any atom is 0.227 e. The van der Waals surface area contributed by atoms with Crippen LogP contribution in [-0.2, 0) is 4.79 Å². The molecule has 0 aromatic heterocycles. The van der Waals surface area contributed by atoms with Crippen LogP contribution < -0.4 is 10.6 Å². The standard InChI is InChI=1S/C12H15ClN2O/c1-8-2-3-10(14)5-11(8)15-7-9(6-13)4-12(15)16/h2-3,5,9H,4,6-7,14H2,1H3. The van der Waals surface area contributed by atoms with Crippen molar-refractivity contribution in [1.82, 2.24) is 0 Å². The summed E-state index contributed by atoms with van der Waals surface area (Å²) in [5, 5.41) is 0. The maximum absolute atomic E-state index is 11.8. The van der Waals surface area contributed by atoms with Gasteiger partial charge in [-0.15, -0.1) is 11.6 Å². The Kier molecular flexibility index (Phi) is 3.06. The normalized spacial score (nSPS) is 20.5. The smallest absolute Gasteiger partial charge is 0.227 e. The number of nitrogens with two attached hydrogens (primary N) is 1. The van der Waals surface area contributed by atoms with Crippen molar-refractivity contribution >= 4 is 28.9 Å². The number of amides is 1. The van der Waals surface area contributed by atoms with Gasteiger partial charge in [-0.05, 0) is 30.5 Å². The number of benzene rings is 1. The minimum Gasteiger partial charge on any atom is -0.399 e. The summed E-state index contributed by atoms with van der Waals surface area (Å²) in [5.41, 5.74) is 8.41. The SMILES string of the molecule is Cc1ccc(N)cc1N1CC(CCl)CC1=O. The van der Waals surface area contributed by atoms with E-state index in [4.69, 9.17) is 17.3 Å². The summed E-state index contributed by atoms with van der Waals surface area (Å²) in [5.74, 6) is 0.929. The molecule has 1 fully saturated rings. The van der Waals surface area contributed by atoms with E-state index in [9.17, 15) is 4.79 Å². The molecule has 1 aliphatic heterocycles. The highest BCUT2D eigenvalue weighted by Crippen LogP contribution is 2.29. The van der Waals surface area contributed by atoms with Crippen LogP contribution in [0, 0.1) is 12.8 Å². The lowest BCUT2D eigenvalue weighted by Crippen LogP contribution is -2.25. The van der Waals surface area contributed by atoms with Gasteiger partial charge in [0.2, 0.25) is 5.91 Å². The second-order valence-electron chi connectivity index (χ2n) is 4.27. The molecule has 1 aromatic rings. The van der Waals surface area contributed by atoms with Crippen LogP contribution in [0.15, 0.2) is 18.2 Å². The molecule has 1 aliphatic rings. The highest BCUT2D eigenvalue weighted by molar-refractivity contribution is 6.18. The fourth-order valence-electron chi connectivity index (χ4n) is 2.03. The summed E-state index contributed by atoms with van der Waals surface area (Å²) < 4.78 is 0. The zero-order valence-electron chi connectivity index (χ0n) is 9.24. The molecule has 2 N–H and O–H groups in total. The van der Waals surface area contributed by atoms with Gasteiger partial charge in [0.25, 0.3) is 0 Å². The number of rotatable bonds is 2. The molecule has 3 nitrogen and oxygen atoms in total. The van der Waals surface area contributed by atoms with Crippen LogP contribution >= 0.6 is 11.6 Å². The van der Waals surface area contributed by atoms with E-state index in [1.54, 1.807) is 4.90 Å². The van der Waals surface area contributed by atoms with Gasteiger partial charge in [-0.1, -0.05) is 6.07 Å². The summed E-state index contributed by atoms with van der Waals surface area (Å²) in [7, 11) is 0. The lowest BCUT2D eigenvalue weighted by molar-refractivity contribution is -0.117. The van der Waals surface area contributed by atoms with E-state index in [1.807, 2.05) is 25.1 Å². The second-order valence-corrected chi connectivity index (χ2v) is 4.58. The third-order valence-electron chi connectivity index (χ3n) is 2.95. The van der Waals surface area contributed by atoms with Crippen LogP contribution in [0.1, 0.15) is 12.0 Å². The van der Waals surface area contributed by atoms with E-state index in [2.05, 4.69) is 0 Å². The number of hydrogen-bond acceptors (Lipinski definition) is 2. The van der Waals surface area contributed by atoms with E-state index in [0.717, 1.165) is 11.3 Å². The summed E-state index contributed by atoms with van der Waals surface area (Å²) in [4.78, 5) is 13.6. The largest absolute Gasteiger partial charge is 0.399 e. The van der Waals surface area contributed by atoms with Crippen molar-refractivity contribution in [2.45, 2.75) is 13.3 Å². The Hall–Kier alpha value is -1.22. The summed E-state index contributed by atoms with van der Waals surface area (Å²) in [6.45, 7) is 2.68. The Bertz CT molecular complexity index is 419. The molecular weight excluding hydrogens is 224 g/mol. The van der Waals surface area contributed by atoms with Gasteiger partial charge in [0.15, 0.2) is 0 Å². The number of aryl methyl sites for hydroxylation is 1. The van der Waals surface area contributed by atoms with E-state index >= 15 is 0 Å². The van der Waals surface area contributed by atoms with E-state index < -0.39 is 0 Å². The molecule has 1 saturated heterocycles. The van der Waals surface area contributed by atoms with Crippen LogP contribution in [0.3, 0.4) is 0 Å². The zero-order valence-corrected chi connectivity index (χ0v) is 10.00. The molecule has 0 spiro atoms. The van der Waals surface area contributed by atoms with Gasteiger partial charge in [-0.2, -0.15) is 0 Å². The first kappa shape index (κ1) is 11.3. The predicted octanol–water partition coefficient (Wildman–Crippen LogP) is 2.17. The molecule has 0 saturated carbocycles. The molecular formula is C12H15ClN2O. The van der Waals surface area contributed by atoms with Crippen LogP contribution in [0.4, 0.5) is 11.4 Å². The van der Waals surface area contributed by atoms with Crippen LogP contribution in [-0.4, -0.2) is 18.3 Å². The van der Waals surface area contributed by atoms with E-state index in [0.29, 0.717) is 24.5 Å². The van der Waals surface area contributed by atoms with Gasteiger partial charge in [-0.3, -0.25) is 4.79 Å². The Morgan fingerprint density at radius 3 is 2.94 bits per heavy atom. The van der Waals surface area contributed by atoms with Crippen molar-refractivity contribution in [3.63, 3.8) is 0 Å². The maximum atomic E-state index is 11.8. The predicted molar refractivity (Wildman–Crippen MR) is 66.8 cm³/mol. The molecule has 4 heteroatoms. The topological polar surface area (TPSA) is 46.3 Å². The number of carbonyl (C=O) groups excluding carboxylic acids is 1. The van der Waals surface area contributed by atoms with Crippen LogP contribution in [0.5, 0.6) is 0 Å². The second kappa shape index (κ2) is 4.34. The molecule has 2 rings (SSSR count). The van der Waals surface area contributed by atoms with Gasteiger partial charge >= 0.3 is 0 Å². The summed E-state index contributed by atoms with van der Waals surface area (Å²) >= 11 is 5.79. The van der Waals surface area contributed by atoms with Crippen molar-refractivity contribution in [2.75, 3.05) is 23.1 Å². The average molecular weight is 239 g/mol. The Morgan fingerprint density at radius 1 is 1.56 bits per heavy atom. The van der Waals surface area contributed by atoms with Crippen molar-refractivity contribution in [3.8, 4) is 0 Å². The first-order valence-corrected chi connectivity index (χ1v) is 5.87. The van der Waals surface area contributed by atoms with Crippen molar-refractivity contribution in [2.24, 2.45) is 5.92 Å². The van der Waals surface area contributed by atoms with Crippen LogP contribution in [0.25, 0.3) is 0 Å². The lowest BCUT2D eigenvalue weighted by Gasteiger charge is -2.19. The molecule has 1 atom stereocenters. The Labute approximate surface area is 100 Å². The fourth-order valence-corrected chi connectivity index (χ4v) is 2.24. The molecule has 16 heavy (non-hydrogen) atoms. The molecule has 1 unspecified atom stereocenters.